The lowest BCUT2D eigenvalue weighted by atomic mass is 10.0. The molecule has 0 aromatic rings. The molecule has 0 fully saturated rings. The molecule has 0 aromatic heterocycles. The van der Waals surface area contributed by atoms with Crippen molar-refractivity contribution in [3.8, 4) is 0 Å². The van der Waals surface area contributed by atoms with E-state index in [-0.39, 0.29) is 32.0 Å². The number of ether oxygens (including phenoxy) is 2. The molecule has 0 aliphatic carbocycles. The van der Waals surface area contributed by atoms with E-state index in [9.17, 15) is 24.9 Å². The van der Waals surface area contributed by atoms with Crippen molar-refractivity contribution >= 4 is 11.9 Å². The number of aliphatic hydroxyl groups is 3. The molecule has 43 heavy (non-hydrogen) atoms. The van der Waals surface area contributed by atoms with Gasteiger partial charge in [0.15, 0.2) is 0 Å². The van der Waals surface area contributed by atoms with E-state index in [4.69, 9.17) is 9.47 Å². The number of carbonyl (C=O) groups excluding carboxylic acids is 2. The first kappa shape index (κ1) is 40.8. The molecule has 0 saturated heterocycles. The summed E-state index contributed by atoms with van der Waals surface area (Å²) in [6.45, 7) is 3.89. The third kappa shape index (κ3) is 29.6. The summed E-state index contributed by atoms with van der Waals surface area (Å²) in [7, 11) is 0. The zero-order chi connectivity index (χ0) is 31.8. The predicted octanol–water partition coefficient (Wildman–Crippen LogP) is 7.83. The summed E-state index contributed by atoms with van der Waals surface area (Å²) in [5, 5.41) is 30.2. The minimum absolute atomic E-state index is 0.0685. The van der Waals surface area contributed by atoms with Crippen LogP contribution in [-0.2, 0) is 19.1 Å². The van der Waals surface area contributed by atoms with E-state index in [1.54, 1.807) is 0 Å². The van der Waals surface area contributed by atoms with Gasteiger partial charge in [0, 0.05) is 12.8 Å². The van der Waals surface area contributed by atoms with E-state index in [1.165, 1.54) is 44.9 Å². The van der Waals surface area contributed by atoms with Gasteiger partial charge in [0.05, 0.1) is 12.2 Å². The van der Waals surface area contributed by atoms with Gasteiger partial charge in [-0.3, -0.25) is 9.59 Å². The van der Waals surface area contributed by atoms with Crippen LogP contribution in [0.4, 0.5) is 0 Å². The number of unbranched alkanes of at least 4 members (excludes halogenated alkanes) is 9. The highest BCUT2D eigenvalue weighted by Crippen LogP contribution is 2.12. The second kappa shape index (κ2) is 31.2. The maximum absolute atomic E-state index is 11.9. The molecule has 3 atom stereocenters. The Morgan fingerprint density at radius 2 is 1.00 bits per heavy atom. The van der Waals surface area contributed by atoms with Crippen LogP contribution in [0.1, 0.15) is 136 Å². The highest BCUT2D eigenvalue weighted by atomic mass is 16.6. The van der Waals surface area contributed by atoms with E-state index >= 15 is 0 Å². The SMILES string of the molecule is CC/C=C\C/C=C\C/C=C\C/C=C\C[C@H](O)[C@@H](O)CCCC(=O)OC[C@@H](O)COC(=O)CCCCCCCCCCCC. The molecule has 248 valence electrons. The second-order valence-corrected chi connectivity index (χ2v) is 11.2. The van der Waals surface area contributed by atoms with Crippen molar-refractivity contribution in [1.82, 2.24) is 0 Å². The van der Waals surface area contributed by atoms with Crippen molar-refractivity contribution in [1.29, 1.82) is 0 Å². The first-order valence-electron chi connectivity index (χ1n) is 16.9. The topological polar surface area (TPSA) is 113 Å². The number of esters is 2. The number of hydrogen-bond donors (Lipinski definition) is 3. The van der Waals surface area contributed by atoms with Gasteiger partial charge in [0.25, 0.3) is 0 Å². The monoisotopic (exact) mass is 606 g/mol. The number of carbonyl (C=O) groups is 2. The van der Waals surface area contributed by atoms with Crippen molar-refractivity contribution in [2.24, 2.45) is 0 Å². The summed E-state index contributed by atoms with van der Waals surface area (Å²) in [4.78, 5) is 23.8. The van der Waals surface area contributed by atoms with E-state index in [2.05, 4.69) is 50.3 Å². The predicted molar refractivity (Wildman–Crippen MR) is 176 cm³/mol. The number of hydrogen-bond acceptors (Lipinski definition) is 7. The summed E-state index contributed by atoms with van der Waals surface area (Å²) in [6.07, 6.45) is 30.6. The zero-order valence-corrected chi connectivity index (χ0v) is 27.2. The number of aliphatic hydroxyl groups excluding tert-OH is 3. The van der Waals surface area contributed by atoms with Crippen LogP contribution in [0.25, 0.3) is 0 Å². The van der Waals surface area contributed by atoms with Gasteiger partial charge in [0.2, 0.25) is 0 Å². The Morgan fingerprint density at radius 1 is 0.558 bits per heavy atom. The molecule has 0 bridgehead atoms. The summed E-state index contributed by atoms with van der Waals surface area (Å²) < 4.78 is 10.1. The van der Waals surface area contributed by atoms with Gasteiger partial charge in [-0.15, -0.1) is 0 Å². The smallest absolute Gasteiger partial charge is 0.305 e. The summed E-state index contributed by atoms with van der Waals surface area (Å²) >= 11 is 0. The van der Waals surface area contributed by atoms with Gasteiger partial charge in [-0.05, 0) is 51.4 Å². The summed E-state index contributed by atoms with van der Waals surface area (Å²) in [5.41, 5.74) is 0. The molecule has 3 N–H and O–H groups in total. The third-order valence-electron chi connectivity index (χ3n) is 7.03. The van der Waals surface area contributed by atoms with E-state index in [1.807, 2.05) is 12.2 Å². The average molecular weight is 607 g/mol. The molecule has 0 rings (SSSR count). The highest BCUT2D eigenvalue weighted by Gasteiger charge is 2.16. The Bertz CT molecular complexity index is 772. The van der Waals surface area contributed by atoms with Crippen LogP contribution in [0, 0.1) is 0 Å². The molecule has 0 aliphatic rings. The van der Waals surface area contributed by atoms with E-state index < -0.39 is 24.3 Å². The molecule has 0 unspecified atom stereocenters. The first-order valence-corrected chi connectivity index (χ1v) is 16.9. The van der Waals surface area contributed by atoms with Crippen molar-refractivity contribution in [2.75, 3.05) is 13.2 Å². The van der Waals surface area contributed by atoms with Crippen LogP contribution in [0.5, 0.6) is 0 Å². The second-order valence-electron chi connectivity index (χ2n) is 11.2. The molecule has 7 nitrogen and oxygen atoms in total. The molecule has 0 radical (unpaired) electrons. The quantitative estimate of drug-likeness (QED) is 0.0452. The molecular formula is C36H62O7. The normalized spacial score (nSPS) is 14.3. The van der Waals surface area contributed by atoms with Crippen molar-refractivity contribution < 1.29 is 34.4 Å². The molecule has 0 amide bonds. The fraction of sp³-hybridized carbons (Fsp3) is 0.722. The molecule has 0 aromatic carbocycles. The minimum atomic E-state index is -1.07. The lowest BCUT2D eigenvalue weighted by Gasteiger charge is -2.16. The molecular weight excluding hydrogens is 544 g/mol. The van der Waals surface area contributed by atoms with Crippen molar-refractivity contribution in [3.05, 3.63) is 48.6 Å². The average Bonchev–Trinajstić information content (AvgIpc) is 3.00. The maximum atomic E-state index is 11.9. The lowest BCUT2D eigenvalue weighted by molar-refractivity contribution is -0.152. The van der Waals surface area contributed by atoms with Gasteiger partial charge in [-0.2, -0.15) is 0 Å². The van der Waals surface area contributed by atoms with Crippen molar-refractivity contribution in [2.45, 2.75) is 154 Å². The largest absolute Gasteiger partial charge is 0.463 e. The van der Waals surface area contributed by atoms with Gasteiger partial charge < -0.3 is 24.8 Å². The molecule has 0 heterocycles. The van der Waals surface area contributed by atoms with Crippen LogP contribution >= 0.6 is 0 Å². The van der Waals surface area contributed by atoms with Crippen LogP contribution < -0.4 is 0 Å². The molecule has 0 spiro atoms. The number of allylic oxidation sites excluding steroid dienone is 7. The Kier molecular flexibility index (Phi) is 29.6. The molecule has 7 heteroatoms. The Morgan fingerprint density at radius 3 is 1.51 bits per heavy atom. The van der Waals surface area contributed by atoms with Gasteiger partial charge in [-0.25, -0.2) is 0 Å². The van der Waals surface area contributed by atoms with E-state index in [0.717, 1.165) is 44.9 Å². The Labute approximate surface area is 262 Å². The lowest BCUT2D eigenvalue weighted by Crippen LogP contribution is -2.26. The summed E-state index contributed by atoms with van der Waals surface area (Å²) in [6, 6.07) is 0. The minimum Gasteiger partial charge on any atom is -0.463 e. The van der Waals surface area contributed by atoms with Gasteiger partial charge >= 0.3 is 11.9 Å². The van der Waals surface area contributed by atoms with Gasteiger partial charge in [-0.1, -0.05) is 120 Å². The third-order valence-corrected chi connectivity index (χ3v) is 7.03. The van der Waals surface area contributed by atoms with Crippen molar-refractivity contribution in [3.63, 3.8) is 0 Å². The first-order chi connectivity index (χ1) is 20.9. The standard InChI is InChI=1S/C36H62O7/c1-3-5-7-9-11-13-15-16-17-19-21-23-26-33(38)34(39)27-25-29-36(41)43-31-32(37)30-42-35(40)28-24-22-20-18-14-12-10-8-6-4-2/h5,7,11,13,16-17,21,23,32-34,37-39H,3-4,6,8-10,12,14-15,18-20,22,24-31H2,1-2H3/b7-5-,13-11-,17-16-,23-21-/t32-,33-,34-/m0/s1. The van der Waals surface area contributed by atoms with Crippen LogP contribution in [0.3, 0.4) is 0 Å². The molecule has 0 aliphatic heterocycles. The maximum Gasteiger partial charge on any atom is 0.305 e. The number of rotatable bonds is 29. The van der Waals surface area contributed by atoms with Crippen LogP contribution in [-0.4, -0.2) is 58.8 Å². The zero-order valence-electron chi connectivity index (χ0n) is 27.2. The Hall–Kier alpha value is -2.22. The fourth-order valence-corrected chi connectivity index (χ4v) is 4.35. The Balaban J connectivity index is 3.76. The highest BCUT2D eigenvalue weighted by molar-refractivity contribution is 5.69. The van der Waals surface area contributed by atoms with Gasteiger partial charge in [0.1, 0.15) is 19.3 Å². The molecule has 0 saturated carbocycles. The van der Waals surface area contributed by atoms with Crippen LogP contribution in [0.15, 0.2) is 48.6 Å². The summed E-state index contributed by atoms with van der Waals surface area (Å²) in [5.74, 6) is -0.848. The fourth-order valence-electron chi connectivity index (χ4n) is 4.35. The van der Waals surface area contributed by atoms with Crippen LogP contribution in [0.2, 0.25) is 0 Å². The van der Waals surface area contributed by atoms with E-state index in [0.29, 0.717) is 19.3 Å².